The molecule has 3 unspecified atom stereocenters. The summed E-state index contributed by atoms with van der Waals surface area (Å²) in [6, 6.07) is 8.85. The molecule has 10 heteroatoms. The lowest BCUT2D eigenvalue weighted by molar-refractivity contribution is -0.141. The lowest BCUT2D eigenvalue weighted by Gasteiger charge is -2.63. The summed E-state index contributed by atoms with van der Waals surface area (Å²) in [5.74, 6) is -0.423. The van der Waals surface area contributed by atoms with E-state index in [0.717, 1.165) is 18.9 Å². The van der Waals surface area contributed by atoms with E-state index in [9.17, 15) is 19.1 Å². The zero-order chi connectivity index (χ0) is 24.0. The molecule has 2 aromatic rings. The van der Waals surface area contributed by atoms with Gasteiger partial charge in [-0.2, -0.15) is 0 Å². The fraction of sp³-hybridized carbons (Fsp3) is 0.417. The van der Waals surface area contributed by atoms with Crippen LogP contribution in [-0.2, 0) is 9.59 Å². The van der Waals surface area contributed by atoms with Gasteiger partial charge >= 0.3 is 0 Å². The quantitative estimate of drug-likeness (QED) is 0.554. The molecular weight excluding hydrogens is 486 g/mol. The highest BCUT2D eigenvalue weighted by molar-refractivity contribution is 6.31. The Balaban J connectivity index is 1.12. The first-order valence-electron chi connectivity index (χ1n) is 11.1. The molecule has 2 saturated carbocycles. The standard InChI is InChI=1S/C24H23Cl2FN2O5/c25-12-1-4-20-14(7-12)19(30)9-21(34-20)23(32)28-18-10-24(6-5-15(18)24)29-22(31)11-33-13-2-3-16(26)17(27)8-13/h1-4,7-8,15,18-19,21,30H,5-6,9-11H2,(H,28,32)(H,29,31)/t15?,18?,19-,21-,24?/m0/s1. The molecule has 1 heterocycles. The average molecular weight is 509 g/mol. The lowest BCUT2D eigenvalue weighted by atomic mass is 9.50. The molecule has 1 aliphatic heterocycles. The molecule has 0 saturated heterocycles. The van der Waals surface area contributed by atoms with Crippen molar-refractivity contribution in [2.45, 2.75) is 49.5 Å². The molecule has 2 aliphatic carbocycles. The Kier molecular flexibility index (Phi) is 6.08. The second kappa shape index (κ2) is 8.91. The van der Waals surface area contributed by atoms with Crippen molar-refractivity contribution in [3.63, 3.8) is 0 Å². The number of hydrogen-bond donors (Lipinski definition) is 3. The topological polar surface area (TPSA) is 96.9 Å². The fourth-order valence-electron chi connectivity index (χ4n) is 5.11. The minimum absolute atomic E-state index is 0.0164. The molecule has 180 valence electrons. The first-order chi connectivity index (χ1) is 16.2. The van der Waals surface area contributed by atoms with Crippen molar-refractivity contribution in [1.82, 2.24) is 10.6 Å². The van der Waals surface area contributed by atoms with Crippen LogP contribution in [0.15, 0.2) is 36.4 Å². The van der Waals surface area contributed by atoms with Gasteiger partial charge in [0.2, 0.25) is 0 Å². The van der Waals surface area contributed by atoms with Crippen LogP contribution < -0.4 is 20.1 Å². The highest BCUT2D eigenvalue weighted by atomic mass is 35.5. The van der Waals surface area contributed by atoms with E-state index in [0.29, 0.717) is 22.8 Å². The molecule has 2 amide bonds. The number of aliphatic hydroxyl groups excluding tert-OH is 1. The number of hydrogen-bond acceptors (Lipinski definition) is 5. The second-order valence-corrected chi connectivity index (χ2v) is 9.92. The first kappa shape index (κ1) is 23.2. The second-order valence-electron chi connectivity index (χ2n) is 9.07. The first-order valence-corrected chi connectivity index (χ1v) is 11.8. The predicted octanol–water partition coefficient (Wildman–Crippen LogP) is 3.55. The zero-order valence-electron chi connectivity index (χ0n) is 18.0. The van der Waals surface area contributed by atoms with Crippen LogP contribution >= 0.6 is 23.2 Å². The number of ether oxygens (including phenoxy) is 2. The van der Waals surface area contributed by atoms with E-state index in [1.165, 1.54) is 12.1 Å². The highest BCUT2D eigenvalue weighted by Crippen LogP contribution is 2.54. The Labute approximate surface area is 205 Å². The molecule has 5 rings (SSSR count). The third kappa shape index (κ3) is 4.30. The number of fused-ring (bicyclic) bond motifs is 2. The largest absolute Gasteiger partial charge is 0.484 e. The fourth-order valence-corrected chi connectivity index (χ4v) is 5.41. The SMILES string of the molecule is O=C(COc1ccc(Cl)c(F)c1)NC12CCC1C(NC(=O)[C@@H]1C[C@H](O)c3cc(Cl)ccc3O1)C2. The van der Waals surface area contributed by atoms with Gasteiger partial charge in [0, 0.05) is 40.6 Å². The van der Waals surface area contributed by atoms with Crippen LogP contribution in [0.25, 0.3) is 0 Å². The number of halogens is 3. The third-order valence-corrected chi connectivity index (χ3v) is 7.53. The van der Waals surface area contributed by atoms with Gasteiger partial charge in [0.25, 0.3) is 11.8 Å². The van der Waals surface area contributed by atoms with Crippen LogP contribution in [0.3, 0.4) is 0 Å². The number of aliphatic hydroxyl groups is 1. The Hall–Kier alpha value is -2.55. The number of amides is 2. The van der Waals surface area contributed by atoms with Crippen molar-refractivity contribution in [3.05, 3.63) is 57.8 Å². The van der Waals surface area contributed by atoms with Crippen molar-refractivity contribution in [2.75, 3.05) is 6.61 Å². The van der Waals surface area contributed by atoms with Crippen LogP contribution in [0.5, 0.6) is 11.5 Å². The molecule has 7 nitrogen and oxygen atoms in total. The molecule has 0 spiro atoms. The van der Waals surface area contributed by atoms with Crippen molar-refractivity contribution >= 4 is 35.0 Å². The summed E-state index contributed by atoms with van der Waals surface area (Å²) in [6.45, 7) is -0.246. The summed E-state index contributed by atoms with van der Waals surface area (Å²) in [5, 5.41) is 16.9. The Morgan fingerprint density at radius 3 is 2.76 bits per heavy atom. The van der Waals surface area contributed by atoms with Crippen LogP contribution in [0, 0.1) is 11.7 Å². The monoisotopic (exact) mass is 508 g/mol. The van der Waals surface area contributed by atoms with E-state index in [1.54, 1.807) is 18.2 Å². The van der Waals surface area contributed by atoms with Gasteiger partial charge in [0.15, 0.2) is 12.7 Å². The normalized spacial score (nSPS) is 28.8. The summed E-state index contributed by atoms with van der Waals surface area (Å²) in [6.07, 6.45) is 0.798. The number of carbonyl (C=O) groups excluding carboxylic acids is 2. The van der Waals surface area contributed by atoms with E-state index in [1.807, 2.05) is 0 Å². The Morgan fingerprint density at radius 1 is 1.24 bits per heavy atom. The molecule has 34 heavy (non-hydrogen) atoms. The van der Waals surface area contributed by atoms with E-state index in [2.05, 4.69) is 10.6 Å². The van der Waals surface area contributed by atoms with Gasteiger partial charge in [-0.15, -0.1) is 0 Å². The molecule has 0 radical (unpaired) electrons. The minimum atomic E-state index is -0.837. The van der Waals surface area contributed by atoms with E-state index < -0.39 is 18.0 Å². The highest BCUT2D eigenvalue weighted by Gasteiger charge is 2.61. The predicted molar refractivity (Wildman–Crippen MR) is 122 cm³/mol. The Bertz CT molecular complexity index is 1150. The van der Waals surface area contributed by atoms with E-state index in [-0.39, 0.29) is 53.1 Å². The number of carbonyl (C=O) groups is 2. The molecule has 0 bridgehead atoms. The van der Waals surface area contributed by atoms with E-state index in [4.69, 9.17) is 32.7 Å². The van der Waals surface area contributed by atoms with Gasteiger partial charge in [-0.25, -0.2) is 4.39 Å². The molecule has 0 aromatic heterocycles. The molecule has 5 atom stereocenters. The number of rotatable bonds is 6. The van der Waals surface area contributed by atoms with Crippen LogP contribution in [0.1, 0.15) is 37.4 Å². The van der Waals surface area contributed by atoms with Crippen molar-refractivity contribution in [1.29, 1.82) is 0 Å². The maximum absolute atomic E-state index is 13.5. The van der Waals surface area contributed by atoms with Gasteiger partial charge in [0.1, 0.15) is 17.3 Å². The maximum Gasteiger partial charge on any atom is 0.261 e. The summed E-state index contributed by atoms with van der Waals surface area (Å²) < 4.78 is 24.7. The van der Waals surface area contributed by atoms with Gasteiger partial charge in [-0.1, -0.05) is 23.2 Å². The summed E-state index contributed by atoms with van der Waals surface area (Å²) in [4.78, 5) is 25.2. The van der Waals surface area contributed by atoms with Gasteiger partial charge in [0.05, 0.1) is 11.1 Å². The lowest BCUT2D eigenvalue weighted by Crippen LogP contribution is -2.76. The minimum Gasteiger partial charge on any atom is -0.484 e. The van der Waals surface area contributed by atoms with Crippen LogP contribution in [0.2, 0.25) is 10.0 Å². The summed E-state index contributed by atoms with van der Waals surface area (Å²) in [5.41, 5.74) is 0.212. The Morgan fingerprint density at radius 2 is 2.06 bits per heavy atom. The molecule has 3 aliphatic rings. The van der Waals surface area contributed by atoms with Crippen LogP contribution in [-0.4, -0.2) is 41.2 Å². The van der Waals surface area contributed by atoms with Crippen LogP contribution in [0.4, 0.5) is 4.39 Å². The van der Waals surface area contributed by atoms with Crippen molar-refractivity contribution in [2.24, 2.45) is 5.92 Å². The summed E-state index contributed by atoms with van der Waals surface area (Å²) in [7, 11) is 0. The molecular formula is C24H23Cl2FN2O5. The maximum atomic E-state index is 13.5. The smallest absolute Gasteiger partial charge is 0.261 e. The number of benzene rings is 2. The van der Waals surface area contributed by atoms with Crippen molar-refractivity contribution < 1.29 is 28.6 Å². The summed E-state index contributed by atoms with van der Waals surface area (Å²) >= 11 is 11.6. The van der Waals surface area contributed by atoms with Gasteiger partial charge in [-0.3, -0.25) is 9.59 Å². The van der Waals surface area contributed by atoms with Gasteiger partial charge in [-0.05, 0) is 49.6 Å². The number of nitrogens with one attached hydrogen (secondary N) is 2. The molecule has 3 N–H and O–H groups in total. The molecule has 2 fully saturated rings. The van der Waals surface area contributed by atoms with Gasteiger partial charge < -0.3 is 25.2 Å². The average Bonchev–Trinajstić information content (AvgIpc) is 2.79. The van der Waals surface area contributed by atoms with E-state index >= 15 is 0 Å². The molecule has 2 aromatic carbocycles. The third-order valence-electron chi connectivity index (χ3n) is 6.99. The zero-order valence-corrected chi connectivity index (χ0v) is 19.5. The van der Waals surface area contributed by atoms with Crippen molar-refractivity contribution in [3.8, 4) is 11.5 Å².